The molecule has 1 aromatic carbocycles. The zero-order chi connectivity index (χ0) is 15.0. The Morgan fingerprint density at radius 3 is 2.67 bits per heavy atom. The van der Waals surface area contributed by atoms with Crippen LogP contribution in [0.25, 0.3) is 22.5 Å². The Kier molecular flexibility index (Phi) is 3.29. The monoisotopic (exact) mass is 284 g/mol. The van der Waals surface area contributed by atoms with Gasteiger partial charge in [0, 0.05) is 10.9 Å². The molecule has 4 heteroatoms. The molecular weight excluding hydrogens is 268 g/mol. The zero-order valence-corrected chi connectivity index (χ0v) is 12.0. The summed E-state index contributed by atoms with van der Waals surface area (Å²) in [7, 11) is 0. The van der Waals surface area contributed by atoms with Crippen molar-refractivity contribution in [2.45, 2.75) is 26.7 Å². The predicted molar refractivity (Wildman–Crippen MR) is 80.6 cm³/mol. The Morgan fingerprint density at radius 1 is 1.19 bits per heavy atom. The summed E-state index contributed by atoms with van der Waals surface area (Å²) in [6, 6.07) is 9.35. The molecule has 0 aliphatic carbocycles. The lowest BCUT2D eigenvalue weighted by Gasteiger charge is -2.07. The van der Waals surface area contributed by atoms with Gasteiger partial charge in [-0.15, -0.1) is 0 Å². The van der Waals surface area contributed by atoms with Crippen molar-refractivity contribution in [3.8, 4) is 17.3 Å². The molecule has 0 fully saturated rings. The molecule has 0 amide bonds. The van der Waals surface area contributed by atoms with Gasteiger partial charge < -0.3 is 13.9 Å². The summed E-state index contributed by atoms with van der Waals surface area (Å²) in [5, 5.41) is 11.1. The van der Waals surface area contributed by atoms with Crippen LogP contribution in [0.3, 0.4) is 0 Å². The molecular formula is C17H16O4. The van der Waals surface area contributed by atoms with E-state index in [1.165, 1.54) is 0 Å². The maximum Gasteiger partial charge on any atom is 0.343 e. The van der Waals surface area contributed by atoms with Crippen molar-refractivity contribution in [1.82, 2.24) is 0 Å². The van der Waals surface area contributed by atoms with E-state index < -0.39 is 5.63 Å². The van der Waals surface area contributed by atoms with Crippen molar-refractivity contribution in [2.75, 3.05) is 0 Å². The van der Waals surface area contributed by atoms with Crippen LogP contribution >= 0.6 is 0 Å². The molecule has 21 heavy (non-hydrogen) atoms. The van der Waals surface area contributed by atoms with Crippen LogP contribution in [0.15, 0.2) is 44.0 Å². The number of hydrogen-bond acceptors (Lipinski definition) is 4. The smallest absolute Gasteiger partial charge is 0.343 e. The maximum atomic E-state index is 12.0. The van der Waals surface area contributed by atoms with Crippen molar-refractivity contribution in [2.24, 2.45) is 0 Å². The highest BCUT2D eigenvalue weighted by Gasteiger charge is 2.19. The van der Waals surface area contributed by atoms with Crippen molar-refractivity contribution < 1.29 is 13.9 Å². The number of rotatable bonds is 3. The molecule has 0 spiro atoms. The number of benzene rings is 1. The molecule has 3 aromatic rings. The first-order valence-electron chi connectivity index (χ1n) is 6.96. The molecule has 2 heterocycles. The molecule has 0 unspecified atom stereocenters. The third kappa shape index (κ3) is 2.23. The van der Waals surface area contributed by atoms with Crippen molar-refractivity contribution >= 4 is 11.0 Å². The first kappa shape index (κ1) is 13.5. The first-order chi connectivity index (χ1) is 10.1. The van der Waals surface area contributed by atoms with Gasteiger partial charge in [-0.25, -0.2) is 4.79 Å². The van der Waals surface area contributed by atoms with Crippen LogP contribution in [0.2, 0.25) is 0 Å². The molecule has 108 valence electrons. The van der Waals surface area contributed by atoms with Gasteiger partial charge in [-0.3, -0.25) is 0 Å². The molecule has 0 aliphatic rings. The average molecular weight is 284 g/mol. The van der Waals surface area contributed by atoms with Gasteiger partial charge in [0.15, 0.2) is 11.5 Å². The van der Waals surface area contributed by atoms with Gasteiger partial charge in [-0.1, -0.05) is 31.5 Å². The van der Waals surface area contributed by atoms with E-state index in [1.807, 2.05) is 31.2 Å². The second-order valence-electron chi connectivity index (χ2n) is 5.07. The summed E-state index contributed by atoms with van der Waals surface area (Å²) in [5.41, 5.74) is 1.06. The van der Waals surface area contributed by atoms with Crippen LogP contribution in [0.4, 0.5) is 0 Å². The summed E-state index contributed by atoms with van der Waals surface area (Å²) in [6.45, 7) is 3.67. The first-order valence-corrected chi connectivity index (χ1v) is 6.96. The highest BCUT2D eigenvalue weighted by Crippen LogP contribution is 2.33. The van der Waals surface area contributed by atoms with Crippen LogP contribution in [-0.4, -0.2) is 5.11 Å². The highest BCUT2D eigenvalue weighted by atomic mass is 16.4. The summed E-state index contributed by atoms with van der Waals surface area (Å²) in [6.07, 6.45) is 1.26. The molecule has 0 aliphatic heterocycles. The van der Waals surface area contributed by atoms with Crippen LogP contribution in [-0.2, 0) is 6.42 Å². The standard InChI is InChI=1S/C17H16O4/c1-3-6-12-15(18)10(2)16(21-17(12)19)14-9-11-7-4-5-8-13(11)20-14/h4-5,7-9,18H,3,6H2,1-2H3. The van der Waals surface area contributed by atoms with Crippen LogP contribution in [0.5, 0.6) is 5.75 Å². The minimum atomic E-state index is -0.504. The molecule has 2 aromatic heterocycles. The summed E-state index contributed by atoms with van der Waals surface area (Å²) in [4.78, 5) is 12.0. The number of fused-ring (bicyclic) bond motifs is 1. The Hall–Kier alpha value is -2.49. The van der Waals surface area contributed by atoms with Gasteiger partial charge >= 0.3 is 5.63 Å². The zero-order valence-electron chi connectivity index (χ0n) is 12.0. The summed E-state index contributed by atoms with van der Waals surface area (Å²) in [5.74, 6) is 0.737. The fraction of sp³-hybridized carbons (Fsp3) is 0.235. The summed E-state index contributed by atoms with van der Waals surface area (Å²) >= 11 is 0. The molecule has 0 saturated carbocycles. The fourth-order valence-electron chi connectivity index (χ4n) is 2.46. The van der Waals surface area contributed by atoms with Gasteiger partial charge in [-0.05, 0) is 25.5 Å². The van der Waals surface area contributed by atoms with Crippen LogP contribution in [0, 0.1) is 6.92 Å². The molecule has 0 saturated heterocycles. The molecule has 0 radical (unpaired) electrons. The Balaban J connectivity index is 2.20. The van der Waals surface area contributed by atoms with E-state index in [0.717, 1.165) is 11.8 Å². The van der Waals surface area contributed by atoms with Gasteiger partial charge in [-0.2, -0.15) is 0 Å². The lowest BCUT2D eigenvalue weighted by molar-refractivity contribution is 0.428. The van der Waals surface area contributed by atoms with Gasteiger partial charge in [0.05, 0.1) is 5.56 Å². The Morgan fingerprint density at radius 2 is 1.95 bits per heavy atom. The van der Waals surface area contributed by atoms with Crippen LogP contribution in [0.1, 0.15) is 24.5 Å². The van der Waals surface area contributed by atoms with Gasteiger partial charge in [0.25, 0.3) is 0 Å². The van der Waals surface area contributed by atoms with E-state index in [4.69, 9.17) is 8.83 Å². The second-order valence-corrected chi connectivity index (χ2v) is 5.07. The lowest BCUT2D eigenvalue weighted by Crippen LogP contribution is -2.09. The van der Waals surface area contributed by atoms with E-state index in [2.05, 4.69) is 0 Å². The Labute approximate surface area is 121 Å². The predicted octanol–water partition coefficient (Wildman–Crippen LogP) is 4.02. The van der Waals surface area contributed by atoms with Gasteiger partial charge in [0.2, 0.25) is 0 Å². The molecule has 3 rings (SSSR count). The summed E-state index contributed by atoms with van der Waals surface area (Å²) < 4.78 is 11.1. The van der Waals surface area contributed by atoms with E-state index in [1.54, 1.807) is 13.0 Å². The van der Waals surface area contributed by atoms with Crippen molar-refractivity contribution in [3.05, 3.63) is 51.9 Å². The van der Waals surface area contributed by atoms with E-state index in [9.17, 15) is 9.90 Å². The topological polar surface area (TPSA) is 63.6 Å². The fourth-order valence-corrected chi connectivity index (χ4v) is 2.46. The van der Waals surface area contributed by atoms with E-state index >= 15 is 0 Å². The maximum absolute atomic E-state index is 12.0. The molecule has 1 N–H and O–H groups in total. The molecule has 4 nitrogen and oxygen atoms in total. The number of furan rings is 1. The number of para-hydroxylation sites is 1. The van der Waals surface area contributed by atoms with Crippen molar-refractivity contribution in [1.29, 1.82) is 0 Å². The van der Waals surface area contributed by atoms with E-state index in [0.29, 0.717) is 28.9 Å². The van der Waals surface area contributed by atoms with Crippen molar-refractivity contribution in [3.63, 3.8) is 0 Å². The minimum Gasteiger partial charge on any atom is -0.507 e. The minimum absolute atomic E-state index is 0.00329. The normalized spacial score (nSPS) is 11.1. The molecule has 0 atom stereocenters. The SMILES string of the molecule is CCCc1c(O)c(C)c(-c2cc3ccccc3o2)oc1=O. The quantitative estimate of drug-likeness (QED) is 0.789. The number of hydrogen-bond donors (Lipinski definition) is 1. The molecule has 0 bridgehead atoms. The third-order valence-corrected chi connectivity index (χ3v) is 3.57. The highest BCUT2D eigenvalue weighted by molar-refractivity contribution is 5.82. The lowest BCUT2D eigenvalue weighted by atomic mass is 10.1. The van der Waals surface area contributed by atoms with E-state index in [-0.39, 0.29) is 11.5 Å². The Bertz CT molecular complexity index is 822. The van der Waals surface area contributed by atoms with Gasteiger partial charge in [0.1, 0.15) is 11.3 Å². The number of aromatic hydroxyl groups is 1. The van der Waals surface area contributed by atoms with Crippen LogP contribution < -0.4 is 5.63 Å². The third-order valence-electron chi connectivity index (χ3n) is 3.57. The largest absolute Gasteiger partial charge is 0.507 e. The average Bonchev–Trinajstić information content (AvgIpc) is 2.91. The second kappa shape index (κ2) is 5.13.